The van der Waals surface area contributed by atoms with Crippen molar-refractivity contribution < 1.29 is 18.4 Å². The normalized spacial score (nSPS) is 10.1. The molecule has 1 aromatic rings. The van der Waals surface area contributed by atoms with Crippen molar-refractivity contribution in [2.45, 2.75) is 6.42 Å². The number of nitrogens with zero attached hydrogens (tertiary/aromatic N) is 1. The molecule has 5 nitrogen and oxygen atoms in total. The standard InChI is InChI=1S/C12H15F2N3O2/c1-16-10(18)3-4-17(2)12(19)8-5-7(13)6-9(15)11(8)14/h5-6H,3-4,15H2,1-2H3,(H,16,18). The molecule has 0 heterocycles. The van der Waals surface area contributed by atoms with Crippen molar-refractivity contribution in [2.75, 3.05) is 26.4 Å². The lowest BCUT2D eigenvalue weighted by atomic mass is 10.1. The van der Waals surface area contributed by atoms with Gasteiger partial charge in [-0.2, -0.15) is 0 Å². The summed E-state index contributed by atoms with van der Waals surface area (Å²) in [5, 5.41) is 2.40. The molecule has 0 saturated heterocycles. The quantitative estimate of drug-likeness (QED) is 0.794. The molecule has 0 spiro atoms. The monoisotopic (exact) mass is 271 g/mol. The predicted molar refractivity (Wildman–Crippen MR) is 66.4 cm³/mol. The number of carbonyl (C=O) groups is 2. The number of nitrogens with two attached hydrogens (primary N) is 1. The van der Waals surface area contributed by atoms with Crippen molar-refractivity contribution in [1.82, 2.24) is 10.2 Å². The van der Waals surface area contributed by atoms with Crippen LogP contribution in [0.1, 0.15) is 16.8 Å². The lowest BCUT2D eigenvalue weighted by molar-refractivity contribution is -0.120. The third-order valence-corrected chi connectivity index (χ3v) is 2.60. The molecular formula is C12H15F2N3O2. The van der Waals surface area contributed by atoms with Gasteiger partial charge >= 0.3 is 0 Å². The van der Waals surface area contributed by atoms with Gasteiger partial charge in [0.2, 0.25) is 5.91 Å². The largest absolute Gasteiger partial charge is 0.396 e. The summed E-state index contributed by atoms with van der Waals surface area (Å²) in [6, 6.07) is 1.58. The molecule has 2 amide bonds. The average molecular weight is 271 g/mol. The van der Waals surface area contributed by atoms with E-state index in [0.29, 0.717) is 0 Å². The minimum absolute atomic E-state index is 0.0746. The van der Waals surface area contributed by atoms with Crippen LogP contribution in [-0.4, -0.2) is 37.4 Å². The molecule has 7 heteroatoms. The lowest BCUT2D eigenvalue weighted by Crippen LogP contribution is -2.32. The zero-order valence-electron chi connectivity index (χ0n) is 10.7. The van der Waals surface area contributed by atoms with Crippen LogP contribution in [0.3, 0.4) is 0 Å². The van der Waals surface area contributed by atoms with Crippen LogP contribution in [0.15, 0.2) is 12.1 Å². The summed E-state index contributed by atoms with van der Waals surface area (Å²) in [6.07, 6.45) is 0.0746. The second kappa shape index (κ2) is 6.12. The summed E-state index contributed by atoms with van der Waals surface area (Å²) in [7, 11) is 2.86. The van der Waals surface area contributed by atoms with Crippen molar-refractivity contribution in [3.8, 4) is 0 Å². The molecule has 0 aliphatic carbocycles. The molecule has 0 saturated carbocycles. The van der Waals surface area contributed by atoms with E-state index in [4.69, 9.17) is 5.73 Å². The zero-order chi connectivity index (χ0) is 14.6. The Kier molecular flexibility index (Phi) is 4.80. The molecule has 3 N–H and O–H groups in total. The minimum Gasteiger partial charge on any atom is -0.396 e. The van der Waals surface area contributed by atoms with Crippen LogP contribution < -0.4 is 11.1 Å². The molecule has 0 aliphatic heterocycles. The molecular weight excluding hydrogens is 256 g/mol. The highest BCUT2D eigenvalue weighted by molar-refractivity contribution is 5.95. The Bertz CT molecular complexity index is 506. The first-order valence-electron chi connectivity index (χ1n) is 5.57. The van der Waals surface area contributed by atoms with Gasteiger partial charge in [-0.15, -0.1) is 0 Å². The molecule has 0 atom stereocenters. The predicted octanol–water partition coefficient (Wildman–Crippen LogP) is 0.755. The fraction of sp³-hybridized carbons (Fsp3) is 0.333. The van der Waals surface area contributed by atoms with Gasteiger partial charge in [0, 0.05) is 27.1 Å². The number of halogens is 2. The van der Waals surface area contributed by atoms with Crippen molar-refractivity contribution in [3.63, 3.8) is 0 Å². The molecule has 0 aromatic heterocycles. The van der Waals surface area contributed by atoms with Gasteiger partial charge in [0.25, 0.3) is 5.91 Å². The number of rotatable bonds is 4. The summed E-state index contributed by atoms with van der Waals surface area (Å²) in [5.41, 5.74) is 4.38. The Labute approximate surface area is 109 Å². The third kappa shape index (κ3) is 3.64. The summed E-state index contributed by atoms with van der Waals surface area (Å²) >= 11 is 0. The number of hydrogen-bond donors (Lipinski definition) is 2. The van der Waals surface area contributed by atoms with E-state index in [1.807, 2.05) is 0 Å². The third-order valence-electron chi connectivity index (χ3n) is 2.60. The van der Waals surface area contributed by atoms with Gasteiger partial charge < -0.3 is 16.0 Å². The second-order valence-electron chi connectivity index (χ2n) is 4.01. The molecule has 0 radical (unpaired) electrons. The van der Waals surface area contributed by atoms with Crippen LogP contribution >= 0.6 is 0 Å². The molecule has 0 unspecified atom stereocenters. The maximum absolute atomic E-state index is 13.6. The van der Waals surface area contributed by atoms with Gasteiger partial charge in [-0.25, -0.2) is 8.78 Å². The van der Waals surface area contributed by atoms with E-state index >= 15 is 0 Å². The van der Waals surface area contributed by atoms with Crippen molar-refractivity contribution in [2.24, 2.45) is 0 Å². The van der Waals surface area contributed by atoms with Crippen LogP contribution in [0.4, 0.5) is 14.5 Å². The number of benzene rings is 1. The molecule has 1 rings (SSSR count). The van der Waals surface area contributed by atoms with Gasteiger partial charge in [-0.3, -0.25) is 9.59 Å². The van der Waals surface area contributed by atoms with Gasteiger partial charge in [-0.05, 0) is 12.1 Å². The van der Waals surface area contributed by atoms with E-state index in [1.165, 1.54) is 14.1 Å². The van der Waals surface area contributed by atoms with Crippen LogP contribution in [0.2, 0.25) is 0 Å². The minimum atomic E-state index is -0.960. The molecule has 1 aromatic carbocycles. The highest BCUT2D eigenvalue weighted by Crippen LogP contribution is 2.18. The van der Waals surface area contributed by atoms with Gasteiger partial charge in [0.15, 0.2) is 5.82 Å². The Morgan fingerprint density at radius 1 is 1.37 bits per heavy atom. The number of nitrogens with one attached hydrogen (secondary N) is 1. The molecule has 104 valence electrons. The number of amides is 2. The van der Waals surface area contributed by atoms with Crippen LogP contribution in [0.25, 0.3) is 0 Å². The van der Waals surface area contributed by atoms with Crippen LogP contribution in [0, 0.1) is 11.6 Å². The topological polar surface area (TPSA) is 75.4 Å². The van der Waals surface area contributed by atoms with Gasteiger partial charge in [0.05, 0.1) is 11.3 Å². The van der Waals surface area contributed by atoms with E-state index in [-0.39, 0.29) is 18.9 Å². The Balaban J connectivity index is 2.85. The first-order chi connectivity index (χ1) is 8.86. The van der Waals surface area contributed by atoms with E-state index in [9.17, 15) is 18.4 Å². The number of carbonyl (C=O) groups excluding carboxylic acids is 2. The Morgan fingerprint density at radius 2 is 2.00 bits per heavy atom. The van der Waals surface area contributed by atoms with E-state index in [0.717, 1.165) is 17.0 Å². The fourth-order valence-corrected chi connectivity index (χ4v) is 1.47. The molecule has 19 heavy (non-hydrogen) atoms. The van der Waals surface area contributed by atoms with Crippen molar-refractivity contribution >= 4 is 17.5 Å². The summed E-state index contributed by atoms with van der Waals surface area (Å²) < 4.78 is 26.8. The van der Waals surface area contributed by atoms with Gasteiger partial charge in [-0.1, -0.05) is 0 Å². The molecule has 0 aliphatic rings. The maximum atomic E-state index is 13.6. The zero-order valence-corrected chi connectivity index (χ0v) is 10.7. The van der Waals surface area contributed by atoms with Crippen LogP contribution in [-0.2, 0) is 4.79 Å². The number of anilines is 1. The van der Waals surface area contributed by atoms with E-state index in [1.54, 1.807) is 0 Å². The van der Waals surface area contributed by atoms with E-state index in [2.05, 4.69) is 5.32 Å². The summed E-state index contributed by atoms with van der Waals surface area (Å²) in [6.45, 7) is 0.0916. The lowest BCUT2D eigenvalue weighted by Gasteiger charge is -2.17. The number of hydrogen-bond acceptors (Lipinski definition) is 3. The molecule has 0 fully saturated rings. The van der Waals surface area contributed by atoms with Crippen LogP contribution in [0.5, 0.6) is 0 Å². The Hall–Kier alpha value is -2.18. The first-order valence-corrected chi connectivity index (χ1v) is 5.57. The highest BCUT2D eigenvalue weighted by Gasteiger charge is 2.19. The SMILES string of the molecule is CNC(=O)CCN(C)C(=O)c1cc(F)cc(N)c1F. The highest BCUT2D eigenvalue weighted by atomic mass is 19.1. The summed E-state index contributed by atoms with van der Waals surface area (Å²) in [4.78, 5) is 24.1. The van der Waals surface area contributed by atoms with Crippen molar-refractivity contribution in [1.29, 1.82) is 0 Å². The Morgan fingerprint density at radius 3 is 2.58 bits per heavy atom. The second-order valence-corrected chi connectivity index (χ2v) is 4.01. The fourth-order valence-electron chi connectivity index (χ4n) is 1.47. The maximum Gasteiger partial charge on any atom is 0.256 e. The van der Waals surface area contributed by atoms with E-state index < -0.39 is 28.8 Å². The number of nitrogen functional groups attached to an aromatic ring is 1. The first kappa shape index (κ1) is 14.9. The van der Waals surface area contributed by atoms with Gasteiger partial charge in [0.1, 0.15) is 5.82 Å². The van der Waals surface area contributed by atoms with Crippen molar-refractivity contribution in [3.05, 3.63) is 29.3 Å². The molecule has 0 bridgehead atoms. The summed E-state index contributed by atoms with van der Waals surface area (Å²) in [5.74, 6) is -2.73. The smallest absolute Gasteiger partial charge is 0.256 e. The average Bonchev–Trinajstić information content (AvgIpc) is 2.38.